The summed E-state index contributed by atoms with van der Waals surface area (Å²) in [5.41, 5.74) is 2.21. The number of hydrogen-bond donors (Lipinski definition) is 2. The zero-order chi connectivity index (χ0) is 18.7. The van der Waals surface area contributed by atoms with E-state index in [1.165, 1.54) is 24.5 Å². The first-order valence-electron chi connectivity index (χ1n) is 7.67. The van der Waals surface area contributed by atoms with Gasteiger partial charge in [-0.1, -0.05) is 11.6 Å². The van der Waals surface area contributed by atoms with E-state index in [9.17, 15) is 13.6 Å². The summed E-state index contributed by atoms with van der Waals surface area (Å²) in [7, 11) is 0. The van der Waals surface area contributed by atoms with E-state index in [1.807, 2.05) is 6.92 Å². The van der Waals surface area contributed by atoms with Crippen molar-refractivity contribution < 1.29 is 13.6 Å². The molecule has 0 aliphatic heterocycles. The summed E-state index contributed by atoms with van der Waals surface area (Å²) in [6.07, 6.45) is 2.83. The van der Waals surface area contributed by atoms with Gasteiger partial charge in [-0.15, -0.1) is 0 Å². The molecule has 2 N–H and O–H groups in total. The molecule has 0 fully saturated rings. The van der Waals surface area contributed by atoms with Crippen molar-refractivity contribution in [3.63, 3.8) is 0 Å². The highest BCUT2D eigenvalue weighted by Crippen LogP contribution is 2.23. The van der Waals surface area contributed by atoms with Gasteiger partial charge in [-0.05, 0) is 48.9 Å². The number of aromatic nitrogens is 1. The molecule has 26 heavy (non-hydrogen) atoms. The van der Waals surface area contributed by atoms with Crippen molar-refractivity contribution in [3.05, 3.63) is 82.6 Å². The molecule has 7 heteroatoms. The molecule has 4 nitrogen and oxygen atoms in total. The maximum absolute atomic E-state index is 13.7. The molecule has 132 valence electrons. The van der Waals surface area contributed by atoms with E-state index >= 15 is 0 Å². The minimum Gasteiger partial charge on any atom is -0.352 e. The summed E-state index contributed by atoms with van der Waals surface area (Å²) in [5, 5.41) is 6.13. The second-order valence-electron chi connectivity index (χ2n) is 5.62. The number of nitrogens with one attached hydrogen (secondary N) is 2. The van der Waals surface area contributed by atoms with Crippen LogP contribution in [0.25, 0.3) is 0 Å². The number of aryl methyl sites for hydroxylation is 1. The molecule has 0 atom stereocenters. The van der Waals surface area contributed by atoms with Gasteiger partial charge >= 0.3 is 0 Å². The summed E-state index contributed by atoms with van der Waals surface area (Å²) in [5.74, 6) is -1.78. The van der Waals surface area contributed by atoms with Gasteiger partial charge in [-0.25, -0.2) is 8.78 Å². The monoisotopic (exact) mass is 373 g/mol. The largest absolute Gasteiger partial charge is 0.352 e. The lowest BCUT2D eigenvalue weighted by molar-refractivity contribution is 0.102. The Bertz CT molecular complexity index is 979. The molecule has 0 saturated carbocycles. The lowest BCUT2D eigenvalue weighted by Gasteiger charge is -2.11. The highest BCUT2D eigenvalue weighted by atomic mass is 35.5. The number of carbonyl (C=O) groups is 1. The minimum absolute atomic E-state index is 0.0827. The third kappa shape index (κ3) is 4.15. The SMILES string of the molecule is Cc1cc(Cl)ccc1NC(=O)c1cncc(Nc2ccc(F)cc2F)c1. The molecular weight excluding hydrogens is 360 g/mol. The molecule has 0 radical (unpaired) electrons. The van der Waals surface area contributed by atoms with E-state index in [2.05, 4.69) is 15.6 Å². The fourth-order valence-electron chi connectivity index (χ4n) is 2.34. The van der Waals surface area contributed by atoms with Crippen molar-refractivity contribution >= 4 is 34.6 Å². The van der Waals surface area contributed by atoms with Crippen LogP contribution in [0.4, 0.5) is 25.8 Å². The van der Waals surface area contributed by atoms with E-state index < -0.39 is 11.6 Å². The molecule has 0 unspecified atom stereocenters. The smallest absolute Gasteiger partial charge is 0.257 e. The van der Waals surface area contributed by atoms with Crippen LogP contribution in [0.3, 0.4) is 0 Å². The number of carbonyl (C=O) groups excluding carboxylic acids is 1. The molecule has 1 heterocycles. The van der Waals surface area contributed by atoms with Gasteiger partial charge in [0.1, 0.15) is 11.6 Å². The molecule has 0 bridgehead atoms. The highest BCUT2D eigenvalue weighted by molar-refractivity contribution is 6.30. The summed E-state index contributed by atoms with van der Waals surface area (Å²) in [6, 6.07) is 9.83. The Morgan fingerprint density at radius 3 is 2.54 bits per heavy atom. The van der Waals surface area contributed by atoms with Gasteiger partial charge in [-0.2, -0.15) is 0 Å². The third-order valence-corrected chi connectivity index (χ3v) is 3.88. The topological polar surface area (TPSA) is 54.0 Å². The fraction of sp³-hybridized carbons (Fsp3) is 0.0526. The standard InChI is InChI=1S/C19H14ClF2N3O/c1-11-6-13(20)2-4-17(11)25-19(26)12-7-15(10-23-9-12)24-18-5-3-14(21)8-16(18)22/h2-10,24H,1H3,(H,25,26). The zero-order valence-electron chi connectivity index (χ0n) is 13.7. The van der Waals surface area contributed by atoms with E-state index in [1.54, 1.807) is 18.2 Å². The van der Waals surface area contributed by atoms with Crippen LogP contribution in [0.2, 0.25) is 5.02 Å². The van der Waals surface area contributed by atoms with Gasteiger partial charge in [0.25, 0.3) is 5.91 Å². The van der Waals surface area contributed by atoms with Crippen LogP contribution in [0, 0.1) is 18.6 Å². The highest BCUT2D eigenvalue weighted by Gasteiger charge is 2.11. The molecule has 1 aromatic heterocycles. The first-order chi connectivity index (χ1) is 12.4. The van der Waals surface area contributed by atoms with Crippen LogP contribution < -0.4 is 10.6 Å². The van der Waals surface area contributed by atoms with Gasteiger partial charge in [0, 0.05) is 23.0 Å². The molecule has 0 aliphatic rings. The van der Waals surface area contributed by atoms with Crippen molar-refractivity contribution in [2.24, 2.45) is 0 Å². The Kier molecular flexibility index (Phi) is 5.14. The lowest BCUT2D eigenvalue weighted by atomic mass is 10.2. The quantitative estimate of drug-likeness (QED) is 0.651. The van der Waals surface area contributed by atoms with Crippen LogP contribution in [-0.4, -0.2) is 10.9 Å². The normalized spacial score (nSPS) is 10.5. The third-order valence-electron chi connectivity index (χ3n) is 3.65. The first-order valence-corrected chi connectivity index (χ1v) is 8.05. The summed E-state index contributed by atoms with van der Waals surface area (Å²) in [4.78, 5) is 16.4. The van der Waals surface area contributed by atoms with Crippen LogP contribution in [0.5, 0.6) is 0 Å². The van der Waals surface area contributed by atoms with Crippen LogP contribution >= 0.6 is 11.6 Å². The number of amides is 1. The van der Waals surface area contributed by atoms with Crippen molar-refractivity contribution in [1.29, 1.82) is 0 Å². The molecule has 3 rings (SSSR count). The van der Waals surface area contributed by atoms with Crippen molar-refractivity contribution in [1.82, 2.24) is 4.98 Å². The number of rotatable bonds is 4. The summed E-state index contributed by atoms with van der Waals surface area (Å²) in [6.45, 7) is 1.83. The van der Waals surface area contributed by atoms with Crippen LogP contribution in [0.1, 0.15) is 15.9 Å². The maximum Gasteiger partial charge on any atom is 0.257 e. The Morgan fingerprint density at radius 1 is 1.04 bits per heavy atom. The van der Waals surface area contributed by atoms with E-state index in [-0.39, 0.29) is 17.2 Å². The van der Waals surface area contributed by atoms with Crippen molar-refractivity contribution in [2.45, 2.75) is 6.92 Å². The van der Waals surface area contributed by atoms with Gasteiger partial charge in [-0.3, -0.25) is 9.78 Å². The number of anilines is 3. The Hall–Kier alpha value is -2.99. The van der Waals surface area contributed by atoms with Gasteiger partial charge in [0.15, 0.2) is 0 Å². The Balaban J connectivity index is 1.79. The van der Waals surface area contributed by atoms with Crippen molar-refractivity contribution in [3.8, 4) is 0 Å². The lowest BCUT2D eigenvalue weighted by Crippen LogP contribution is -2.13. The number of halogens is 3. The fourth-order valence-corrected chi connectivity index (χ4v) is 2.57. The van der Waals surface area contributed by atoms with Crippen LogP contribution in [0.15, 0.2) is 54.9 Å². The number of benzene rings is 2. The van der Waals surface area contributed by atoms with Crippen LogP contribution in [-0.2, 0) is 0 Å². The molecule has 0 spiro atoms. The number of pyridine rings is 1. The number of nitrogens with zero attached hydrogens (tertiary/aromatic N) is 1. The first kappa shape index (κ1) is 17.8. The van der Waals surface area contributed by atoms with Crippen molar-refractivity contribution in [2.75, 3.05) is 10.6 Å². The van der Waals surface area contributed by atoms with Gasteiger partial charge in [0.05, 0.1) is 23.1 Å². The molecule has 2 aromatic carbocycles. The zero-order valence-corrected chi connectivity index (χ0v) is 14.4. The number of hydrogen-bond acceptors (Lipinski definition) is 3. The van der Waals surface area contributed by atoms with E-state index in [4.69, 9.17) is 11.6 Å². The second-order valence-corrected chi connectivity index (χ2v) is 6.06. The second kappa shape index (κ2) is 7.49. The van der Waals surface area contributed by atoms with Gasteiger partial charge in [0.2, 0.25) is 0 Å². The minimum atomic E-state index is -0.739. The Labute approximate surface area is 153 Å². The summed E-state index contributed by atoms with van der Waals surface area (Å²) >= 11 is 5.91. The van der Waals surface area contributed by atoms with E-state index in [0.717, 1.165) is 17.7 Å². The Morgan fingerprint density at radius 2 is 1.81 bits per heavy atom. The summed E-state index contributed by atoms with van der Waals surface area (Å²) < 4.78 is 26.7. The maximum atomic E-state index is 13.7. The van der Waals surface area contributed by atoms with E-state index in [0.29, 0.717) is 16.4 Å². The molecule has 1 amide bonds. The predicted octanol–water partition coefficient (Wildman–Crippen LogP) is 5.32. The molecule has 0 aliphatic carbocycles. The molecule has 0 saturated heterocycles. The molecular formula is C19H14ClF2N3O. The van der Waals surface area contributed by atoms with Gasteiger partial charge < -0.3 is 10.6 Å². The predicted molar refractivity (Wildman–Crippen MR) is 98.0 cm³/mol. The molecule has 3 aromatic rings. The average Bonchev–Trinajstić information content (AvgIpc) is 2.60. The average molecular weight is 374 g/mol.